The molecule has 1 rings (SSSR count). The van der Waals surface area contributed by atoms with E-state index in [1.807, 2.05) is 0 Å². The first kappa shape index (κ1) is 12.2. The van der Waals surface area contributed by atoms with E-state index in [1.54, 1.807) is 13.0 Å². The van der Waals surface area contributed by atoms with E-state index >= 15 is 0 Å². The van der Waals surface area contributed by atoms with Crippen LogP contribution in [0.3, 0.4) is 0 Å². The molecule has 0 spiro atoms. The van der Waals surface area contributed by atoms with Gasteiger partial charge in [0.2, 0.25) is 5.72 Å². The first-order valence-corrected chi connectivity index (χ1v) is 4.36. The zero-order chi connectivity index (χ0) is 11.7. The van der Waals surface area contributed by atoms with Crippen molar-refractivity contribution < 1.29 is 23.0 Å². The van der Waals surface area contributed by atoms with Crippen molar-refractivity contribution in [2.75, 3.05) is 6.61 Å². The molecular weight excluding hydrogens is 211 g/mol. The fourth-order valence-corrected chi connectivity index (χ4v) is 1.20. The Kier molecular flexibility index (Phi) is 3.22. The number of quaternary nitrogens is 1. The maximum absolute atomic E-state index is 12.0. The molecule has 6 heteroatoms. The lowest BCUT2D eigenvalue weighted by molar-refractivity contribution is -0.878. The third kappa shape index (κ3) is 2.80. The molecule has 1 aliphatic heterocycles. The molecule has 0 aromatic heterocycles. The Bertz CT molecular complexity index is 298. The third-order valence-electron chi connectivity index (χ3n) is 2.34. The number of hydrogen-bond donors (Lipinski definition) is 1. The molecule has 1 heterocycles. The van der Waals surface area contributed by atoms with Crippen molar-refractivity contribution in [3.63, 3.8) is 0 Å². The Morgan fingerprint density at radius 2 is 2.13 bits per heavy atom. The number of ether oxygens (including phenoxy) is 1. The molecule has 0 bridgehead atoms. The monoisotopic (exact) mass is 223 g/mol. The van der Waals surface area contributed by atoms with Crippen LogP contribution in [0.5, 0.6) is 0 Å². The maximum Gasteiger partial charge on any atom is 0.412 e. The van der Waals surface area contributed by atoms with E-state index in [0.717, 1.165) is 0 Å². The van der Waals surface area contributed by atoms with Gasteiger partial charge in [-0.15, -0.1) is 0 Å². The van der Waals surface area contributed by atoms with E-state index < -0.39 is 23.6 Å². The third-order valence-corrected chi connectivity index (χ3v) is 2.34. The van der Waals surface area contributed by atoms with Crippen molar-refractivity contribution >= 4 is 0 Å². The smallest absolute Gasteiger partial charge is 0.412 e. The summed E-state index contributed by atoms with van der Waals surface area (Å²) in [4.78, 5) is 0. The van der Waals surface area contributed by atoms with Gasteiger partial charge in [0.25, 0.3) is 0 Å². The number of allylic oxidation sites excluding steroid dienone is 2. The molecule has 3 nitrogen and oxygen atoms in total. The van der Waals surface area contributed by atoms with Gasteiger partial charge in [-0.25, -0.2) is 0 Å². The predicted molar refractivity (Wildman–Crippen MR) is 47.6 cm³/mol. The second-order valence-electron chi connectivity index (χ2n) is 3.51. The Labute approximate surface area is 85.4 Å². The fourth-order valence-electron chi connectivity index (χ4n) is 1.20. The van der Waals surface area contributed by atoms with Crippen molar-refractivity contribution in [1.82, 2.24) is 0 Å². The van der Waals surface area contributed by atoms with Gasteiger partial charge in [-0.2, -0.15) is 13.2 Å². The Balaban J connectivity index is 2.73. The van der Waals surface area contributed by atoms with Crippen molar-refractivity contribution in [2.24, 2.45) is 0 Å². The lowest BCUT2D eigenvalue weighted by atomic mass is 10.0. The number of alkyl halides is 3. The van der Waals surface area contributed by atoms with Crippen molar-refractivity contribution in [2.45, 2.75) is 25.7 Å². The Hall–Kier alpha value is -0.850. The van der Waals surface area contributed by atoms with E-state index in [4.69, 9.17) is 0 Å². The summed E-state index contributed by atoms with van der Waals surface area (Å²) in [5, 5.41) is 11.0. The molecule has 0 aliphatic carbocycles. The Morgan fingerprint density at radius 3 is 2.60 bits per heavy atom. The number of nitrogens with one attached hydrogen (secondary N) is 1. The van der Waals surface area contributed by atoms with Gasteiger partial charge < -0.3 is 15.0 Å². The zero-order valence-electron chi connectivity index (χ0n) is 8.39. The molecule has 0 aromatic rings. The highest BCUT2D eigenvalue weighted by molar-refractivity contribution is 5.18. The summed E-state index contributed by atoms with van der Waals surface area (Å²) >= 11 is 0. The number of hydrogen-bond acceptors (Lipinski definition) is 2. The van der Waals surface area contributed by atoms with Crippen LogP contribution < -0.4 is 5.06 Å². The Morgan fingerprint density at radius 1 is 1.53 bits per heavy atom. The highest BCUT2D eigenvalue weighted by Gasteiger charge is 2.40. The average Bonchev–Trinajstić information content (AvgIpc) is 2.10. The molecule has 0 aromatic carbocycles. The minimum atomic E-state index is -4.43. The van der Waals surface area contributed by atoms with E-state index in [2.05, 4.69) is 4.74 Å². The fraction of sp³-hybridized carbons (Fsp3) is 0.556. The molecule has 0 saturated heterocycles. The van der Waals surface area contributed by atoms with Crippen molar-refractivity contribution in [3.05, 3.63) is 29.1 Å². The zero-order valence-corrected chi connectivity index (χ0v) is 8.39. The topological polar surface area (TPSA) is 36.7 Å². The highest BCUT2D eigenvalue weighted by Crippen LogP contribution is 2.22. The van der Waals surface area contributed by atoms with Gasteiger partial charge in [-0.05, 0) is 19.1 Å². The number of hydroxylamine groups is 2. The normalized spacial score (nSPS) is 31.6. The minimum absolute atomic E-state index is 0.466. The maximum atomic E-state index is 12.0. The van der Waals surface area contributed by atoms with Gasteiger partial charge in [0.05, 0.1) is 6.20 Å². The van der Waals surface area contributed by atoms with Crippen LogP contribution in [0, 0.1) is 5.21 Å². The predicted octanol–water partition coefficient (Wildman–Crippen LogP) is 1.14. The quantitative estimate of drug-likeness (QED) is 0.713. The van der Waals surface area contributed by atoms with Crippen LogP contribution in [0.4, 0.5) is 13.2 Å². The van der Waals surface area contributed by atoms with Gasteiger partial charge in [-0.3, -0.25) is 0 Å². The molecule has 0 radical (unpaired) electrons. The summed E-state index contributed by atoms with van der Waals surface area (Å²) in [6.07, 6.45) is -0.151. The standard InChI is InChI=1S/C9H12F3NO2/c1-7-4-3-5-13(14)8(7,2)15-6-9(10,11)12/h3-5,13H,6H2,1-2H3. The second-order valence-corrected chi connectivity index (χ2v) is 3.51. The van der Waals surface area contributed by atoms with E-state index in [0.29, 0.717) is 5.57 Å². The first-order chi connectivity index (χ1) is 6.76. The van der Waals surface area contributed by atoms with Gasteiger partial charge in [0.15, 0.2) is 0 Å². The van der Waals surface area contributed by atoms with Gasteiger partial charge in [0, 0.05) is 12.5 Å². The molecule has 2 unspecified atom stereocenters. The molecule has 15 heavy (non-hydrogen) atoms. The van der Waals surface area contributed by atoms with E-state index in [1.165, 1.54) is 19.2 Å². The number of rotatable bonds is 2. The van der Waals surface area contributed by atoms with Crippen LogP contribution in [-0.2, 0) is 4.74 Å². The molecule has 0 saturated carbocycles. The highest BCUT2D eigenvalue weighted by atomic mass is 19.4. The van der Waals surface area contributed by atoms with Crippen LogP contribution in [0.2, 0.25) is 0 Å². The van der Waals surface area contributed by atoms with Crippen molar-refractivity contribution in [1.29, 1.82) is 0 Å². The van der Waals surface area contributed by atoms with Gasteiger partial charge in [-0.1, -0.05) is 0 Å². The molecule has 1 N–H and O–H groups in total. The summed E-state index contributed by atoms with van der Waals surface area (Å²) in [6, 6.07) is 0. The van der Waals surface area contributed by atoms with Crippen LogP contribution >= 0.6 is 0 Å². The SMILES string of the molecule is CC1=CC=C[NH+]([O-])C1(C)OCC(F)(F)F. The van der Waals surface area contributed by atoms with Crippen molar-refractivity contribution in [3.8, 4) is 0 Å². The van der Waals surface area contributed by atoms with E-state index in [9.17, 15) is 18.4 Å². The molecule has 0 fully saturated rings. The summed E-state index contributed by atoms with van der Waals surface area (Å²) in [7, 11) is 0. The average molecular weight is 223 g/mol. The lowest BCUT2D eigenvalue weighted by Crippen LogP contribution is -3.12. The van der Waals surface area contributed by atoms with Crippen LogP contribution in [-0.4, -0.2) is 18.5 Å². The largest absolute Gasteiger partial charge is 0.627 e. The van der Waals surface area contributed by atoms with Gasteiger partial charge in [0.1, 0.15) is 6.61 Å². The van der Waals surface area contributed by atoms with Gasteiger partial charge >= 0.3 is 6.18 Å². The van der Waals surface area contributed by atoms with Crippen LogP contribution in [0.1, 0.15) is 13.8 Å². The van der Waals surface area contributed by atoms with Crippen LogP contribution in [0.25, 0.3) is 0 Å². The second kappa shape index (κ2) is 3.96. The first-order valence-electron chi connectivity index (χ1n) is 4.36. The molecule has 2 atom stereocenters. The summed E-state index contributed by atoms with van der Waals surface area (Å²) in [5.41, 5.74) is -1.01. The molecule has 1 aliphatic rings. The van der Waals surface area contributed by atoms with Crippen LogP contribution in [0.15, 0.2) is 23.9 Å². The molecular formula is C9H12F3NO2. The lowest BCUT2D eigenvalue weighted by Gasteiger charge is -2.40. The number of halogens is 3. The minimum Gasteiger partial charge on any atom is -0.627 e. The summed E-state index contributed by atoms with van der Waals surface area (Å²) in [6.45, 7) is 1.49. The molecule has 86 valence electrons. The summed E-state index contributed by atoms with van der Waals surface area (Å²) < 4.78 is 40.5. The summed E-state index contributed by atoms with van der Waals surface area (Å²) in [5.74, 6) is 0. The molecule has 0 amide bonds. The van der Waals surface area contributed by atoms with E-state index in [-0.39, 0.29) is 0 Å².